The molecule has 0 radical (unpaired) electrons. The first kappa shape index (κ1) is 20.9. The Labute approximate surface area is 138 Å². The quantitative estimate of drug-likeness (QED) is 0.247. The molecule has 0 aliphatic heterocycles. The average molecular weight is 340 g/mol. The van der Waals surface area contributed by atoms with Crippen molar-refractivity contribution in [3.05, 3.63) is 0 Å². The monoisotopic (exact) mass is 340 g/mol. The highest BCUT2D eigenvalue weighted by molar-refractivity contribution is 5.98. The summed E-state index contributed by atoms with van der Waals surface area (Å²) < 4.78 is 0. The molecule has 0 aromatic heterocycles. The zero-order valence-electron chi connectivity index (χ0n) is 13.5. The molecule has 4 amide bonds. The van der Waals surface area contributed by atoms with E-state index in [2.05, 4.69) is 21.3 Å². The van der Waals surface area contributed by atoms with E-state index in [4.69, 9.17) is 11.5 Å². The van der Waals surface area contributed by atoms with Crippen LogP contribution < -0.4 is 21.3 Å². The van der Waals surface area contributed by atoms with Crippen molar-refractivity contribution in [1.29, 1.82) is 0 Å². The van der Waals surface area contributed by atoms with Gasteiger partial charge in [-0.25, -0.2) is 0 Å². The van der Waals surface area contributed by atoms with Gasteiger partial charge in [-0.1, -0.05) is 6.92 Å². The number of aliphatic carboxylic acids is 1. The van der Waals surface area contributed by atoms with Gasteiger partial charge in [-0.2, -0.15) is 0 Å². The van der Waals surface area contributed by atoms with E-state index < -0.39 is 47.8 Å². The van der Waals surface area contributed by atoms with Crippen molar-refractivity contribution in [2.45, 2.75) is 45.4 Å². The van der Waals surface area contributed by atoms with Gasteiger partial charge in [0.25, 0.3) is 11.8 Å². The van der Waals surface area contributed by atoms with Gasteiger partial charge in [0.2, 0.25) is 11.8 Å². The molecule has 5 N–H and O–H groups in total. The standard InChI is InChI=1S/C14H20N4O6/c1-5-9(19)17-11(18-10(20)6-2)13(22)15-7(3)12(21)16-8(4)14(23)24/h1,7-8,11H,6H2,2-4H3,(H,15,22)(H,16,21)(H,17,19)(H,18,20)(H,23,24)/t7-,8-,11?/m0/s1. The fraction of sp³-hybridized carbons (Fsp3) is 0.500. The van der Waals surface area contributed by atoms with Crippen LogP contribution in [0.4, 0.5) is 0 Å². The van der Waals surface area contributed by atoms with Crippen molar-refractivity contribution >= 4 is 29.6 Å². The molecule has 0 saturated carbocycles. The molecule has 10 heteroatoms. The van der Waals surface area contributed by atoms with Gasteiger partial charge >= 0.3 is 5.97 Å². The lowest BCUT2D eigenvalue weighted by Gasteiger charge is -2.21. The topological polar surface area (TPSA) is 154 Å². The van der Waals surface area contributed by atoms with Crippen LogP contribution in [0.2, 0.25) is 0 Å². The summed E-state index contributed by atoms with van der Waals surface area (Å²) in [6.45, 7) is 4.10. The minimum absolute atomic E-state index is 0.0574. The zero-order valence-corrected chi connectivity index (χ0v) is 13.5. The largest absolute Gasteiger partial charge is 0.480 e. The van der Waals surface area contributed by atoms with E-state index in [1.807, 2.05) is 0 Å². The molecule has 132 valence electrons. The molecule has 0 rings (SSSR count). The molecule has 0 aromatic rings. The molecule has 3 atom stereocenters. The summed E-state index contributed by atoms with van der Waals surface area (Å²) in [5.41, 5.74) is 0. The number of carbonyl (C=O) groups excluding carboxylic acids is 4. The number of terminal acetylenes is 1. The number of hydrogen-bond acceptors (Lipinski definition) is 5. The van der Waals surface area contributed by atoms with E-state index in [0.29, 0.717) is 0 Å². The van der Waals surface area contributed by atoms with Crippen LogP contribution >= 0.6 is 0 Å². The van der Waals surface area contributed by atoms with Crippen LogP contribution in [-0.2, 0) is 24.0 Å². The van der Waals surface area contributed by atoms with Crippen molar-refractivity contribution in [3.63, 3.8) is 0 Å². The maximum Gasteiger partial charge on any atom is 0.325 e. The van der Waals surface area contributed by atoms with Gasteiger partial charge in [-0.05, 0) is 19.8 Å². The van der Waals surface area contributed by atoms with E-state index >= 15 is 0 Å². The van der Waals surface area contributed by atoms with E-state index in [9.17, 15) is 24.0 Å². The van der Waals surface area contributed by atoms with Gasteiger partial charge in [0, 0.05) is 6.42 Å². The van der Waals surface area contributed by atoms with Gasteiger partial charge in [-0.3, -0.25) is 24.0 Å². The summed E-state index contributed by atoms with van der Waals surface area (Å²) in [6, 6.07) is -2.25. The molecule has 0 aliphatic rings. The highest BCUT2D eigenvalue weighted by atomic mass is 16.4. The third-order valence-corrected chi connectivity index (χ3v) is 2.78. The van der Waals surface area contributed by atoms with Crippen LogP contribution in [0, 0.1) is 12.3 Å². The Morgan fingerprint density at radius 2 is 1.50 bits per heavy atom. The van der Waals surface area contributed by atoms with Crippen LogP contribution in [0.3, 0.4) is 0 Å². The first-order valence-corrected chi connectivity index (χ1v) is 7.02. The summed E-state index contributed by atoms with van der Waals surface area (Å²) in [5, 5.41) is 17.4. The van der Waals surface area contributed by atoms with Crippen LogP contribution in [0.1, 0.15) is 27.2 Å². The van der Waals surface area contributed by atoms with Crippen molar-refractivity contribution in [3.8, 4) is 12.3 Å². The number of carbonyl (C=O) groups is 5. The smallest absolute Gasteiger partial charge is 0.325 e. The normalized spacial score (nSPS) is 13.4. The molecule has 0 saturated heterocycles. The molecule has 24 heavy (non-hydrogen) atoms. The summed E-state index contributed by atoms with van der Waals surface area (Å²) in [7, 11) is 0. The number of hydrogen-bond donors (Lipinski definition) is 5. The summed E-state index contributed by atoms with van der Waals surface area (Å²) in [4.78, 5) is 57.1. The third kappa shape index (κ3) is 7.26. The minimum Gasteiger partial charge on any atom is -0.480 e. The molecule has 10 nitrogen and oxygen atoms in total. The van der Waals surface area contributed by atoms with Gasteiger partial charge in [0.1, 0.15) is 12.1 Å². The number of rotatable bonds is 8. The number of carboxylic acid groups (broad SMARTS) is 1. The maximum atomic E-state index is 12.1. The molecular formula is C14H20N4O6. The summed E-state index contributed by atoms with van der Waals surface area (Å²) in [6.07, 6.45) is 3.48. The number of amides is 4. The molecule has 0 bridgehead atoms. The SMILES string of the molecule is C#CC(=O)NC(NC(=O)CC)C(=O)N[C@@H](C)C(=O)N[C@@H](C)C(=O)O. The lowest BCUT2D eigenvalue weighted by atomic mass is 10.2. The Morgan fingerprint density at radius 3 is 1.96 bits per heavy atom. The second-order valence-electron chi connectivity index (χ2n) is 4.77. The lowest BCUT2D eigenvalue weighted by molar-refractivity contribution is -0.141. The van der Waals surface area contributed by atoms with Gasteiger partial charge < -0.3 is 26.4 Å². The fourth-order valence-corrected chi connectivity index (χ4v) is 1.37. The fourth-order valence-electron chi connectivity index (χ4n) is 1.37. The average Bonchev–Trinajstić information content (AvgIpc) is 2.53. The number of nitrogens with one attached hydrogen (secondary N) is 4. The van der Waals surface area contributed by atoms with Crippen LogP contribution in [0.25, 0.3) is 0 Å². The zero-order chi connectivity index (χ0) is 18.9. The Bertz CT molecular complexity index is 568. The summed E-state index contributed by atoms with van der Waals surface area (Å²) >= 11 is 0. The van der Waals surface area contributed by atoms with E-state index in [-0.39, 0.29) is 6.42 Å². The maximum absolute atomic E-state index is 12.1. The first-order chi connectivity index (χ1) is 11.1. The van der Waals surface area contributed by atoms with Gasteiger partial charge in [-0.15, -0.1) is 6.42 Å². The second kappa shape index (κ2) is 9.83. The Balaban J connectivity index is 4.87. The van der Waals surface area contributed by atoms with E-state index in [1.165, 1.54) is 20.8 Å². The highest BCUT2D eigenvalue weighted by Gasteiger charge is 2.26. The molecule has 0 fully saturated rings. The molecule has 0 heterocycles. The van der Waals surface area contributed by atoms with Crippen molar-refractivity contribution < 1.29 is 29.1 Å². The Kier molecular flexibility index (Phi) is 8.57. The van der Waals surface area contributed by atoms with E-state index in [1.54, 1.807) is 5.92 Å². The van der Waals surface area contributed by atoms with Crippen LogP contribution in [0.5, 0.6) is 0 Å². The van der Waals surface area contributed by atoms with Crippen LogP contribution in [0.15, 0.2) is 0 Å². The van der Waals surface area contributed by atoms with Gasteiger partial charge in [0.15, 0.2) is 6.17 Å². The minimum atomic E-state index is -1.46. The molecular weight excluding hydrogens is 320 g/mol. The molecule has 0 aromatic carbocycles. The van der Waals surface area contributed by atoms with Crippen molar-refractivity contribution in [2.75, 3.05) is 0 Å². The van der Waals surface area contributed by atoms with Gasteiger partial charge in [0.05, 0.1) is 0 Å². The lowest BCUT2D eigenvalue weighted by Crippen LogP contribution is -2.59. The second-order valence-corrected chi connectivity index (χ2v) is 4.77. The predicted octanol–water partition coefficient (Wildman–Crippen LogP) is -2.32. The van der Waals surface area contributed by atoms with Crippen molar-refractivity contribution in [2.24, 2.45) is 0 Å². The highest BCUT2D eigenvalue weighted by Crippen LogP contribution is 1.90. The first-order valence-electron chi connectivity index (χ1n) is 7.02. The van der Waals surface area contributed by atoms with Crippen LogP contribution in [-0.4, -0.2) is 53.0 Å². The predicted molar refractivity (Wildman–Crippen MR) is 82.0 cm³/mol. The molecule has 0 aliphatic carbocycles. The molecule has 0 spiro atoms. The third-order valence-electron chi connectivity index (χ3n) is 2.78. The number of carboxylic acids is 1. The van der Waals surface area contributed by atoms with E-state index in [0.717, 1.165) is 0 Å². The van der Waals surface area contributed by atoms with Crippen molar-refractivity contribution in [1.82, 2.24) is 21.3 Å². The summed E-state index contributed by atoms with van der Waals surface area (Å²) in [5.74, 6) is -2.59. The molecule has 1 unspecified atom stereocenters. The Morgan fingerprint density at radius 1 is 0.958 bits per heavy atom. The Hall–Kier alpha value is -3.09.